The molecule has 0 bridgehead atoms. The molecule has 1 heterocycles. The third-order valence-corrected chi connectivity index (χ3v) is 6.11. The number of urea groups is 1. The Hall–Kier alpha value is -2.90. The predicted molar refractivity (Wildman–Crippen MR) is 113 cm³/mol. The molecule has 0 aromatic heterocycles. The molecule has 1 aromatic rings. The lowest BCUT2D eigenvalue weighted by molar-refractivity contribution is -0.131. The Kier molecular flexibility index (Phi) is 6.74. The van der Waals surface area contributed by atoms with Gasteiger partial charge in [-0.2, -0.15) is 0 Å². The smallest absolute Gasteiger partial charge is 0.322 e. The first-order valence-corrected chi connectivity index (χ1v) is 10.7. The van der Waals surface area contributed by atoms with Gasteiger partial charge < -0.3 is 10.6 Å². The highest BCUT2D eigenvalue weighted by Gasteiger charge is 2.44. The average molecular weight is 415 g/mol. The molecule has 8 heteroatoms. The molecule has 162 valence electrons. The van der Waals surface area contributed by atoms with Gasteiger partial charge in [-0.3, -0.25) is 24.6 Å². The van der Waals surface area contributed by atoms with Gasteiger partial charge in [-0.15, -0.1) is 0 Å². The van der Waals surface area contributed by atoms with E-state index >= 15 is 0 Å². The summed E-state index contributed by atoms with van der Waals surface area (Å²) in [5, 5.41) is 7.74. The van der Waals surface area contributed by atoms with E-state index in [9.17, 15) is 19.2 Å². The van der Waals surface area contributed by atoms with Crippen molar-refractivity contribution in [1.29, 1.82) is 0 Å². The fraction of sp³-hybridized carbons (Fsp3) is 0.545. The molecular formula is C22H30N4O4. The topological polar surface area (TPSA) is 108 Å². The molecule has 3 rings (SSSR count). The van der Waals surface area contributed by atoms with Crippen molar-refractivity contribution in [3.8, 4) is 0 Å². The maximum atomic E-state index is 13.4. The number of carbonyl (C=O) groups is 4. The third kappa shape index (κ3) is 4.63. The first-order chi connectivity index (χ1) is 14.3. The van der Waals surface area contributed by atoms with E-state index in [1.807, 2.05) is 13.0 Å². The third-order valence-electron chi connectivity index (χ3n) is 6.11. The van der Waals surface area contributed by atoms with Crippen LogP contribution in [0.25, 0.3) is 0 Å². The van der Waals surface area contributed by atoms with Gasteiger partial charge in [0, 0.05) is 11.7 Å². The number of hydrogen-bond donors (Lipinski definition) is 3. The number of nitrogens with zero attached hydrogens (tertiary/aromatic N) is 1. The summed E-state index contributed by atoms with van der Waals surface area (Å²) in [5.74, 6) is -1.13. The first-order valence-electron chi connectivity index (χ1n) is 10.7. The Bertz CT molecular complexity index is 807. The summed E-state index contributed by atoms with van der Waals surface area (Å²) >= 11 is 0. The lowest BCUT2D eigenvalue weighted by Gasteiger charge is -2.41. The average Bonchev–Trinajstić information content (AvgIpc) is 3.06. The molecule has 1 saturated heterocycles. The number of amides is 5. The maximum absolute atomic E-state index is 13.4. The Morgan fingerprint density at radius 1 is 1.13 bits per heavy atom. The van der Waals surface area contributed by atoms with Crippen LogP contribution in [0.15, 0.2) is 30.3 Å². The van der Waals surface area contributed by atoms with Crippen LogP contribution in [0.1, 0.15) is 58.8 Å². The van der Waals surface area contributed by atoms with Crippen molar-refractivity contribution in [2.24, 2.45) is 0 Å². The Labute approximate surface area is 176 Å². The lowest BCUT2D eigenvalue weighted by atomic mass is 9.90. The van der Waals surface area contributed by atoms with Gasteiger partial charge in [0.1, 0.15) is 11.6 Å². The molecule has 1 aromatic carbocycles. The number of rotatable bonds is 7. The minimum atomic E-state index is -1.13. The molecule has 2 atom stereocenters. The highest BCUT2D eigenvalue weighted by atomic mass is 16.2. The van der Waals surface area contributed by atoms with Gasteiger partial charge in [0.05, 0.1) is 6.42 Å². The van der Waals surface area contributed by atoms with Crippen LogP contribution < -0.4 is 20.9 Å². The van der Waals surface area contributed by atoms with Crippen LogP contribution in [0, 0.1) is 0 Å². The number of para-hydroxylation sites is 1. The lowest BCUT2D eigenvalue weighted by Crippen LogP contribution is -2.61. The van der Waals surface area contributed by atoms with E-state index in [-0.39, 0.29) is 18.4 Å². The van der Waals surface area contributed by atoms with E-state index in [1.165, 1.54) is 11.3 Å². The van der Waals surface area contributed by atoms with E-state index in [0.29, 0.717) is 12.1 Å². The largest absolute Gasteiger partial charge is 0.351 e. The molecule has 0 spiro atoms. The highest BCUT2D eigenvalue weighted by molar-refractivity contribution is 6.09. The molecular weight excluding hydrogens is 384 g/mol. The first kappa shape index (κ1) is 21.8. The van der Waals surface area contributed by atoms with Crippen molar-refractivity contribution in [1.82, 2.24) is 16.0 Å². The van der Waals surface area contributed by atoms with Gasteiger partial charge >= 0.3 is 6.03 Å². The summed E-state index contributed by atoms with van der Waals surface area (Å²) in [7, 11) is 0. The van der Waals surface area contributed by atoms with E-state index in [4.69, 9.17) is 0 Å². The Balaban J connectivity index is 1.87. The molecule has 2 fully saturated rings. The molecule has 3 N–H and O–H groups in total. The van der Waals surface area contributed by atoms with Crippen LogP contribution in [-0.2, 0) is 14.4 Å². The van der Waals surface area contributed by atoms with E-state index < -0.39 is 29.4 Å². The van der Waals surface area contributed by atoms with E-state index in [2.05, 4.69) is 16.0 Å². The summed E-state index contributed by atoms with van der Waals surface area (Å²) in [4.78, 5) is 51.6. The molecule has 1 aliphatic heterocycles. The fourth-order valence-corrected chi connectivity index (χ4v) is 4.16. The van der Waals surface area contributed by atoms with Crippen LogP contribution in [0.3, 0.4) is 0 Å². The fourth-order valence-electron chi connectivity index (χ4n) is 4.16. The summed E-state index contributed by atoms with van der Waals surface area (Å²) in [6.45, 7) is 3.62. The van der Waals surface area contributed by atoms with Crippen LogP contribution in [-0.4, -0.2) is 41.4 Å². The quantitative estimate of drug-likeness (QED) is 0.595. The van der Waals surface area contributed by atoms with Gasteiger partial charge in [-0.25, -0.2) is 4.79 Å². The SMILES string of the molecule is CC[C@](C)(C(=O)NC1CCCCC1)N(C(=O)C[C@@H]1NC(=O)NC1=O)c1ccccc1. The van der Waals surface area contributed by atoms with Crippen molar-refractivity contribution >= 4 is 29.4 Å². The second-order valence-corrected chi connectivity index (χ2v) is 8.22. The number of carbonyl (C=O) groups excluding carboxylic acids is 4. The summed E-state index contributed by atoms with van der Waals surface area (Å²) < 4.78 is 0. The highest BCUT2D eigenvalue weighted by Crippen LogP contribution is 2.30. The minimum Gasteiger partial charge on any atom is -0.351 e. The summed E-state index contributed by atoms with van der Waals surface area (Å²) in [6.07, 6.45) is 5.42. The summed E-state index contributed by atoms with van der Waals surface area (Å²) in [5.41, 5.74) is -0.551. The van der Waals surface area contributed by atoms with Crippen molar-refractivity contribution in [2.45, 2.75) is 76.4 Å². The molecule has 2 aliphatic rings. The number of benzene rings is 1. The molecule has 8 nitrogen and oxygen atoms in total. The van der Waals surface area contributed by atoms with Crippen molar-refractivity contribution < 1.29 is 19.2 Å². The van der Waals surface area contributed by atoms with Gasteiger partial charge in [-0.05, 0) is 38.3 Å². The van der Waals surface area contributed by atoms with Crippen LogP contribution in [0.2, 0.25) is 0 Å². The number of imide groups is 1. The molecule has 0 radical (unpaired) electrons. The monoisotopic (exact) mass is 414 g/mol. The van der Waals surface area contributed by atoms with Gasteiger partial charge in [0.15, 0.2) is 0 Å². The van der Waals surface area contributed by atoms with Gasteiger partial charge in [0.2, 0.25) is 11.8 Å². The molecule has 30 heavy (non-hydrogen) atoms. The van der Waals surface area contributed by atoms with Gasteiger partial charge in [0.25, 0.3) is 5.91 Å². The Morgan fingerprint density at radius 2 is 1.80 bits per heavy atom. The molecule has 1 saturated carbocycles. The Morgan fingerprint density at radius 3 is 2.37 bits per heavy atom. The molecule has 0 unspecified atom stereocenters. The number of anilines is 1. The predicted octanol–water partition coefficient (Wildman–Crippen LogP) is 2.24. The molecule has 5 amide bonds. The zero-order chi connectivity index (χ0) is 21.7. The van der Waals surface area contributed by atoms with Crippen molar-refractivity contribution in [3.05, 3.63) is 30.3 Å². The van der Waals surface area contributed by atoms with Crippen LogP contribution in [0.4, 0.5) is 10.5 Å². The zero-order valence-electron chi connectivity index (χ0n) is 17.6. The van der Waals surface area contributed by atoms with Crippen molar-refractivity contribution in [2.75, 3.05) is 4.90 Å². The number of nitrogens with one attached hydrogen (secondary N) is 3. The van der Waals surface area contributed by atoms with Crippen LogP contribution >= 0.6 is 0 Å². The zero-order valence-corrected chi connectivity index (χ0v) is 17.6. The van der Waals surface area contributed by atoms with Crippen LogP contribution in [0.5, 0.6) is 0 Å². The van der Waals surface area contributed by atoms with E-state index in [1.54, 1.807) is 31.2 Å². The maximum Gasteiger partial charge on any atom is 0.322 e. The van der Waals surface area contributed by atoms with E-state index in [0.717, 1.165) is 25.7 Å². The van der Waals surface area contributed by atoms with Gasteiger partial charge in [-0.1, -0.05) is 44.4 Å². The minimum absolute atomic E-state index is 0.116. The second-order valence-electron chi connectivity index (χ2n) is 8.22. The standard InChI is InChI=1S/C22H30N4O4/c1-3-22(2,20(29)23-15-10-6-4-7-11-15)26(16-12-8-5-9-13-16)18(27)14-17-19(28)25-21(30)24-17/h5,8-9,12-13,15,17H,3-4,6-7,10-11,14H2,1-2H3,(H,23,29)(H2,24,25,28,30)/t17-,22+/m0/s1. The second kappa shape index (κ2) is 9.28. The van der Waals surface area contributed by atoms with Crippen molar-refractivity contribution in [3.63, 3.8) is 0 Å². The summed E-state index contributed by atoms with van der Waals surface area (Å²) in [6, 6.07) is 7.53. The number of hydrogen-bond acceptors (Lipinski definition) is 4. The molecule has 1 aliphatic carbocycles. The normalized spacial score (nSPS) is 21.3.